The number of benzene rings is 3. The van der Waals surface area contributed by atoms with E-state index in [1.807, 2.05) is 44.2 Å². The van der Waals surface area contributed by atoms with Crippen LogP contribution in [0.2, 0.25) is 5.02 Å². The van der Waals surface area contributed by atoms with E-state index in [4.69, 9.17) is 11.6 Å². The topological polar surface area (TPSA) is 86.8 Å². The minimum atomic E-state index is -3.92. The monoisotopic (exact) mass is 587 g/mol. The summed E-state index contributed by atoms with van der Waals surface area (Å²) in [5.41, 5.74) is 1.85. The van der Waals surface area contributed by atoms with Gasteiger partial charge in [-0.25, -0.2) is 12.8 Å². The van der Waals surface area contributed by atoms with Crippen molar-refractivity contribution in [2.45, 2.75) is 39.8 Å². The Morgan fingerprint density at radius 2 is 1.65 bits per heavy atom. The number of carbonyl (C=O) groups is 2. The molecule has 1 atom stereocenters. The lowest BCUT2D eigenvalue weighted by molar-refractivity contribution is -0.140. The minimum absolute atomic E-state index is 0.157. The predicted molar refractivity (Wildman–Crippen MR) is 157 cm³/mol. The average Bonchev–Trinajstić information content (AvgIpc) is 2.89. The first-order chi connectivity index (χ1) is 18.9. The van der Waals surface area contributed by atoms with E-state index in [1.54, 1.807) is 31.2 Å². The van der Waals surface area contributed by atoms with Gasteiger partial charge in [-0.1, -0.05) is 74.0 Å². The number of hydrogen-bond donors (Lipinski definition) is 1. The third-order valence-electron chi connectivity index (χ3n) is 6.36. The smallest absolute Gasteiger partial charge is 0.244 e. The second kappa shape index (κ2) is 13.8. The fourth-order valence-electron chi connectivity index (χ4n) is 4.28. The molecule has 0 fully saturated rings. The van der Waals surface area contributed by atoms with Crippen LogP contribution in [0.1, 0.15) is 30.5 Å². The van der Waals surface area contributed by atoms with Crippen molar-refractivity contribution in [2.24, 2.45) is 5.92 Å². The third-order valence-corrected chi connectivity index (χ3v) is 7.72. The first kappa shape index (κ1) is 31.1. The van der Waals surface area contributed by atoms with Crippen LogP contribution in [0.3, 0.4) is 0 Å². The third kappa shape index (κ3) is 8.53. The van der Waals surface area contributed by atoms with E-state index in [0.29, 0.717) is 17.1 Å². The van der Waals surface area contributed by atoms with Gasteiger partial charge in [-0.15, -0.1) is 0 Å². The fraction of sp³-hybridized carbons (Fsp3) is 0.333. The van der Waals surface area contributed by atoms with Crippen LogP contribution in [0.15, 0.2) is 72.8 Å². The standard InChI is InChI=1S/C30H35ClFN3O4S/c1-21(2)18-33-30(37)28(17-23-10-6-5-7-11-23)34(19-24-12-8-9-13-26(24)32)29(36)20-35(40(4,38)39)27-15-14-25(31)16-22(27)3/h5-16,21,28H,17-20H2,1-4H3,(H,33,37)/t28-/m0/s1. The normalized spacial score (nSPS) is 12.2. The molecule has 1 N–H and O–H groups in total. The van der Waals surface area contributed by atoms with E-state index in [-0.39, 0.29) is 30.1 Å². The van der Waals surface area contributed by atoms with Crippen molar-refractivity contribution < 1.29 is 22.4 Å². The summed E-state index contributed by atoms with van der Waals surface area (Å²) in [6.07, 6.45) is 1.16. The molecule has 7 nitrogen and oxygen atoms in total. The molecule has 10 heteroatoms. The number of sulfonamides is 1. The Labute approximate surface area is 241 Å². The lowest BCUT2D eigenvalue weighted by atomic mass is 10.0. The van der Waals surface area contributed by atoms with Crippen LogP contribution in [0.5, 0.6) is 0 Å². The van der Waals surface area contributed by atoms with E-state index in [1.165, 1.54) is 23.1 Å². The number of nitrogens with one attached hydrogen (secondary N) is 1. The fourth-order valence-corrected chi connectivity index (χ4v) is 5.41. The molecule has 3 aromatic carbocycles. The number of carbonyl (C=O) groups excluding carboxylic acids is 2. The number of hydrogen-bond acceptors (Lipinski definition) is 4. The number of nitrogens with zero attached hydrogens (tertiary/aromatic N) is 2. The van der Waals surface area contributed by atoms with E-state index in [0.717, 1.165) is 16.1 Å². The predicted octanol–water partition coefficient (Wildman–Crippen LogP) is 4.97. The van der Waals surface area contributed by atoms with Gasteiger partial charge in [0.25, 0.3) is 0 Å². The van der Waals surface area contributed by atoms with E-state index >= 15 is 0 Å². The molecule has 0 spiro atoms. The lowest BCUT2D eigenvalue weighted by Gasteiger charge is -2.34. The quantitative estimate of drug-likeness (QED) is 0.324. The first-order valence-corrected chi connectivity index (χ1v) is 15.2. The molecular formula is C30H35ClFN3O4S. The van der Waals surface area contributed by atoms with E-state index in [2.05, 4.69) is 5.32 Å². The van der Waals surface area contributed by atoms with Crippen molar-refractivity contribution >= 4 is 39.1 Å². The molecule has 0 saturated carbocycles. The van der Waals surface area contributed by atoms with Crippen molar-refractivity contribution in [1.29, 1.82) is 0 Å². The van der Waals surface area contributed by atoms with Gasteiger partial charge in [0.1, 0.15) is 18.4 Å². The lowest BCUT2D eigenvalue weighted by Crippen LogP contribution is -2.53. The molecule has 3 aromatic rings. The summed E-state index contributed by atoms with van der Waals surface area (Å²) in [5.74, 6) is -1.43. The second-order valence-corrected chi connectivity index (χ2v) is 12.5. The van der Waals surface area contributed by atoms with Gasteiger partial charge in [0, 0.05) is 30.1 Å². The van der Waals surface area contributed by atoms with Gasteiger partial charge in [0.15, 0.2) is 0 Å². The van der Waals surface area contributed by atoms with Crippen LogP contribution in [0, 0.1) is 18.7 Å². The van der Waals surface area contributed by atoms with E-state index in [9.17, 15) is 22.4 Å². The van der Waals surface area contributed by atoms with Crippen molar-refractivity contribution in [3.63, 3.8) is 0 Å². The number of amides is 2. The molecule has 0 bridgehead atoms. The number of anilines is 1. The molecule has 0 unspecified atom stereocenters. The summed E-state index contributed by atoms with van der Waals surface area (Å²) < 4.78 is 41.6. The SMILES string of the molecule is Cc1cc(Cl)ccc1N(CC(=O)N(Cc1ccccc1F)[C@@H](Cc1ccccc1)C(=O)NCC(C)C)S(C)(=O)=O. The molecule has 2 amide bonds. The van der Waals surface area contributed by atoms with Crippen LogP contribution in [0.4, 0.5) is 10.1 Å². The zero-order chi connectivity index (χ0) is 29.4. The Morgan fingerprint density at radius 3 is 2.25 bits per heavy atom. The maximum atomic E-state index is 14.8. The molecule has 0 saturated heterocycles. The number of rotatable bonds is 12. The zero-order valence-electron chi connectivity index (χ0n) is 23.1. The molecule has 40 heavy (non-hydrogen) atoms. The Kier molecular flexibility index (Phi) is 10.7. The van der Waals surface area contributed by atoms with Crippen molar-refractivity contribution in [1.82, 2.24) is 10.2 Å². The first-order valence-electron chi connectivity index (χ1n) is 12.9. The Bertz CT molecular complexity index is 1430. The highest BCUT2D eigenvalue weighted by atomic mass is 35.5. The molecule has 0 heterocycles. The van der Waals surface area contributed by atoms with Gasteiger partial charge in [0.05, 0.1) is 11.9 Å². The van der Waals surface area contributed by atoms with Crippen molar-refractivity contribution in [3.05, 3.63) is 100 Å². The summed E-state index contributed by atoms with van der Waals surface area (Å²) in [4.78, 5) is 28.9. The summed E-state index contributed by atoms with van der Waals surface area (Å²) in [6.45, 7) is 5.16. The van der Waals surface area contributed by atoms with Gasteiger partial charge in [-0.05, 0) is 48.2 Å². The summed E-state index contributed by atoms with van der Waals surface area (Å²) in [7, 11) is -3.92. The molecule has 0 aromatic heterocycles. The van der Waals surface area contributed by atoms with Crippen LogP contribution in [-0.4, -0.2) is 50.5 Å². The highest BCUT2D eigenvalue weighted by molar-refractivity contribution is 7.92. The van der Waals surface area contributed by atoms with Gasteiger partial charge in [-0.3, -0.25) is 13.9 Å². The summed E-state index contributed by atoms with van der Waals surface area (Å²) >= 11 is 6.08. The molecule has 0 radical (unpaired) electrons. The van der Waals surface area contributed by atoms with Crippen LogP contribution < -0.4 is 9.62 Å². The highest BCUT2D eigenvalue weighted by Crippen LogP contribution is 2.26. The summed E-state index contributed by atoms with van der Waals surface area (Å²) in [5, 5.41) is 3.32. The summed E-state index contributed by atoms with van der Waals surface area (Å²) in [6, 6.07) is 18.8. The molecular weight excluding hydrogens is 553 g/mol. The van der Waals surface area contributed by atoms with Gasteiger partial charge in [-0.2, -0.15) is 0 Å². The Balaban J connectivity index is 2.08. The van der Waals surface area contributed by atoms with Crippen molar-refractivity contribution in [3.8, 4) is 0 Å². The molecule has 0 aliphatic heterocycles. The highest BCUT2D eigenvalue weighted by Gasteiger charge is 2.33. The molecule has 214 valence electrons. The number of halogens is 2. The maximum Gasteiger partial charge on any atom is 0.244 e. The second-order valence-electron chi connectivity index (χ2n) is 10.2. The van der Waals surface area contributed by atoms with Gasteiger partial charge >= 0.3 is 0 Å². The van der Waals surface area contributed by atoms with Crippen LogP contribution in [0.25, 0.3) is 0 Å². The Morgan fingerprint density at radius 1 is 1.00 bits per heavy atom. The zero-order valence-corrected chi connectivity index (χ0v) is 24.7. The van der Waals surface area contributed by atoms with E-state index < -0.39 is 40.2 Å². The van der Waals surface area contributed by atoms with Gasteiger partial charge in [0.2, 0.25) is 21.8 Å². The maximum absolute atomic E-state index is 14.8. The molecule has 0 aliphatic carbocycles. The molecule has 3 rings (SSSR count). The van der Waals surface area contributed by atoms with Crippen LogP contribution >= 0.6 is 11.6 Å². The number of aryl methyl sites for hydroxylation is 1. The van der Waals surface area contributed by atoms with Crippen LogP contribution in [-0.2, 0) is 32.6 Å². The average molecular weight is 588 g/mol. The molecule has 0 aliphatic rings. The largest absolute Gasteiger partial charge is 0.354 e. The van der Waals surface area contributed by atoms with Crippen molar-refractivity contribution in [2.75, 3.05) is 23.7 Å². The Hall–Kier alpha value is -3.43. The minimum Gasteiger partial charge on any atom is -0.354 e. The van der Waals surface area contributed by atoms with Gasteiger partial charge < -0.3 is 10.2 Å².